The van der Waals surface area contributed by atoms with E-state index in [0.29, 0.717) is 98.6 Å². The first-order chi connectivity index (χ1) is 39.1. The maximum atomic E-state index is 11.3. The van der Waals surface area contributed by atoms with Gasteiger partial charge in [-0.3, -0.25) is 57.5 Å². The maximum absolute atomic E-state index is 11.3. The summed E-state index contributed by atoms with van der Waals surface area (Å²) in [5.41, 5.74) is 6.13. The molecule has 22 nitrogen and oxygen atoms in total. The van der Waals surface area contributed by atoms with Crippen molar-refractivity contribution in [3.8, 4) is 0 Å². The number of azo groups is 4. The van der Waals surface area contributed by atoms with Crippen LogP contribution in [0.4, 0.5) is 0 Å². The molecule has 0 unspecified atom stereocenters. The number of allylic oxidation sites excluding steroid dienone is 3. The molecular weight excluding hydrogens is 1220 g/mol. The fourth-order valence-corrected chi connectivity index (χ4v) is 14.2. The molecule has 0 saturated carbocycles. The molecule has 82 heavy (non-hydrogen) atoms. The first-order valence-electron chi connectivity index (χ1n) is 25.0. The summed E-state index contributed by atoms with van der Waals surface area (Å²) in [5.74, 6) is 11.1. The molecule has 2 aromatic heterocycles. The Morgan fingerprint density at radius 3 is 1.16 bits per heavy atom. The summed E-state index contributed by atoms with van der Waals surface area (Å²) < 4.78 is 13.3. The van der Waals surface area contributed by atoms with Crippen LogP contribution in [-0.4, -0.2) is 228 Å². The van der Waals surface area contributed by atoms with E-state index in [1.807, 2.05) is 23.5 Å². The van der Waals surface area contributed by atoms with Crippen LogP contribution in [0.3, 0.4) is 0 Å². The maximum Gasteiger partial charge on any atom is 0.226 e. The highest BCUT2D eigenvalue weighted by molar-refractivity contribution is 8.14. The minimum Gasteiger partial charge on any atom is -0.383 e. The van der Waals surface area contributed by atoms with E-state index in [2.05, 4.69) is 20.5 Å². The van der Waals surface area contributed by atoms with Gasteiger partial charge in [-0.15, -0.1) is 82.3 Å². The van der Waals surface area contributed by atoms with Crippen molar-refractivity contribution in [1.29, 1.82) is 0 Å². The molecule has 0 aliphatic carbocycles. The minimum absolute atomic E-state index is 0.0510. The van der Waals surface area contributed by atoms with Crippen LogP contribution in [0.25, 0.3) is 0 Å². The fourth-order valence-electron chi connectivity index (χ4n) is 7.60. The molecule has 30 heteroatoms. The highest BCUT2D eigenvalue weighted by Crippen LogP contribution is 2.30. The lowest BCUT2D eigenvalue weighted by Gasteiger charge is -2.13. The molecule has 0 amide bonds. The Labute approximate surface area is 507 Å². The Morgan fingerprint density at radius 2 is 0.793 bits per heavy atom. The van der Waals surface area contributed by atoms with Gasteiger partial charge in [-0.1, -0.05) is 31.5 Å². The molecule has 0 aromatic carbocycles. The number of nitrogens with zero attached hydrogens (tertiary/aromatic N) is 8. The number of thioether (sulfide) groups is 8. The van der Waals surface area contributed by atoms with E-state index in [1.165, 1.54) is 71.2 Å². The molecule has 12 heterocycles. The number of rotatable bonds is 2. The lowest BCUT2D eigenvalue weighted by Crippen LogP contribution is -2.24. The van der Waals surface area contributed by atoms with Crippen LogP contribution in [0, 0.1) is 0 Å². The summed E-state index contributed by atoms with van der Waals surface area (Å²) in [7, 11) is 11.0. The Morgan fingerprint density at radius 1 is 0.439 bits per heavy atom. The molecule has 12 rings (SSSR count). The van der Waals surface area contributed by atoms with Crippen LogP contribution in [0.5, 0.6) is 0 Å². The molecule has 440 valence electrons. The Kier molecular flexibility index (Phi) is 28.7. The number of aromatic nitrogens is 2. The van der Waals surface area contributed by atoms with Crippen molar-refractivity contribution in [2.75, 3.05) is 130 Å². The molecule has 0 atom stereocenters. The Balaban J connectivity index is 0.000000172. The van der Waals surface area contributed by atoms with Crippen LogP contribution in [-0.2, 0) is 59.5 Å². The summed E-state index contributed by atoms with van der Waals surface area (Å²) in [4.78, 5) is 135. The van der Waals surface area contributed by atoms with Crippen molar-refractivity contribution < 1.29 is 76.0 Å². The van der Waals surface area contributed by atoms with Gasteiger partial charge < -0.3 is 18.8 Å². The molecule has 0 spiro atoms. The third-order valence-electron chi connectivity index (χ3n) is 11.6. The van der Waals surface area contributed by atoms with Crippen LogP contribution >= 0.6 is 94.1 Å². The van der Waals surface area contributed by atoms with E-state index in [9.17, 15) is 57.5 Å². The second kappa shape index (κ2) is 34.7. The normalized spacial score (nSPS) is 20.0. The predicted molar refractivity (Wildman–Crippen MR) is 322 cm³/mol. The molecule has 4 saturated heterocycles. The van der Waals surface area contributed by atoms with Gasteiger partial charge in [-0.2, -0.15) is 0 Å². The number of hydrogen-bond acceptors (Lipinski definition) is 28. The summed E-state index contributed by atoms with van der Waals surface area (Å²) in [6.45, 7) is 1.20. The molecule has 10 aliphatic rings. The second-order valence-corrected chi connectivity index (χ2v) is 26.6. The fraction of sp³-hybridized carbons (Fsp3) is 0.500. The lowest BCUT2D eigenvalue weighted by molar-refractivity contribution is -0.512. The zero-order chi connectivity index (χ0) is 59.9. The highest BCUT2D eigenvalue weighted by atomic mass is 32.2. The van der Waals surface area contributed by atoms with Crippen LogP contribution in [0.1, 0.15) is 51.5 Å². The number of Topliss-reactive ketones (excluding diaryl/α,β-unsaturated/α-hetero) is 11. The van der Waals surface area contributed by atoms with Gasteiger partial charge in [-0.05, 0) is 10.2 Å². The molecule has 10 aliphatic heterocycles. The number of carbonyl (C=O) groups excluding carboxylic acids is 12. The summed E-state index contributed by atoms with van der Waals surface area (Å²) in [5, 5.41) is 15.6. The molecular formula is C52H62N8O14S8+2. The van der Waals surface area contributed by atoms with E-state index in [1.54, 1.807) is 85.7 Å². The average molecular weight is 1280 g/mol. The molecule has 0 radical (unpaired) electrons. The first-order valence-corrected chi connectivity index (χ1v) is 34.1. The summed E-state index contributed by atoms with van der Waals surface area (Å²) >= 11 is 11.8. The second-order valence-electron chi connectivity index (χ2n) is 18.6. The lowest BCUT2D eigenvalue weighted by atomic mass is 10.1. The first kappa shape index (κ1) is 67.8. The number of fused-ring (bicyclic) bond motifs is 2. The molecule has 0 N–H and O–H groups in total. The van der Waals surface area contributed by atoms with E-state index in [4.69, 9.17) is 9.05 Å². The number of carbonyl (C=O) groups is 12. The van der Waals surface area contributed by atoms with Gasteiger partial charge in [0.05, 0.1) is 134 Å². The zero-order valence-electron chi connectivity index (χ0n) is 46.0. The van der Waals surface area contributed by atoms with E-state index in [0.717, 1.165) is 63.5 Å². The standard InChI is InChI=1S/2C8H11NO2S.2C7H9N2OS.2C6H5NO2S.2C5H6O2S/c2*1-9(2)3-6-7(10)4-12-5-8(6)11;1-9-6-3-11-4-7(10)5(6)2-8-9;1-9-6-2-3-11-7(10)5(6)4-8-9;2*8-5-2-10-3-6-4(5)1-7-9-6;2*6-4-1-5(7)3-8-2-4/h2*3H,4-5H2,1-2H3;2*2-4H2,1H3;2*1H,2-3H2;2*1-3H2/q;;2*+1;;;;. The van der Waals surface area contributed by atoms with Gasteiger partial charge >= 0.3 is 0 Å². The van der Waals surface area contributed by atoms with Gasteiger partial charge in [0, 0.05) is 52.8 Å². The summed E-state index contributed by atoms with van der Waals surface area (Å²) in [6.07, 6.45) is 7.54. The SMILES string of the molecule is CN(C)C=C1C(=O)CSCC1=O.CN(C)C=C1C(=O)CSCC1=O.C[N+]1=NCC2=C1CCSC2=O.C[N+]1=NCC2=C1CSCC2=O.O=C1CSCC(=O)C1.O=C1CSCC(=O)C1.O=C1CSCc2oncc21.O=C1CSCc2oncc21. The van der Waals surface area contributed by atoms with Gasteiger partial charge in [0.25, 0.3) is 0 Å². The van der Waals surface area contributed by atoms with E-state index in [-0.39, 0.29) is 81.6 Å². The average Bonchev–Trinajstić information content (AvgIpc) is 4.27. The van der Waals surface area contributed by atoms with Gasteiger partial charge in [-0.25, -0.2) is 0 Å². The van der Waals surface area contributed by atoms with Gasteiger partial charge in [0.2, 0.25) is 16.5 Å². The van der Waals surface area contributed by atoms with E-state index < -0.39 is 0 Å². The predicted octanol–water partition coefficient (Wildman–Crippen LogP) is 5.04. The van der Waals surface area contributed by atoms with Crippen molar-refractivity contribution in [1.82, 2.24) is 20.1 Å². The van der Waals surface area contributed by atoms with E-state index >= 15 is 0 Å². The van der Waals surface area contributed by atoms with Crippen molar-refractivity contribution in [2.45, 2.75) is 30.8 Å². The minimum atomic E-state index is -0.0510. The monoisotopic (exact) mass is 1280 g/mol. The van der Waals surface area contributed by atoms with Crippen LogP contribution in [0.2, 0.25) is 0 Å². The Bertz CT molecular complexity index is 2770. The number of hydrogen-bond donors (Lipinski definition) is 0. The topological polar surface area (TPSA) is 294 Å². The third kappa shape index (κ3) is 21.9. The van der Waals surface area contributed by atoms with Crippen molar-refractivity contribution in [2.24, 2.45) is 10.2 Å². The Hall–Kier alpha value is -4.98. The summed E-state index contributed by atoms with van der Waals surface area (Å²) in [6, 6.07) is 0. The quantitative estimate of drug-likeness (QED) is 0.165. The zero-order valence-corrected chi connectivity index (χ0v) is 52.5. The van der Waals surface area contributed by atoms with Crippen molar-refractivity contribution in [3.63, 3.8) is 0 Å². The third-order valence-corrected chi connectivity index (χ3v) is 19.3. The smallest absolute Gasteiger partial charge is 0.226 e. The van der Waals surface area contributed by atoms with Crippen LogP contribution < -0.4 is 0 Å². The highest BCUT2D eigenvalue weighted by Gasteiger charge is 2.34. The largest absolute Gasteiger partial charge is 0.383 e. The number of ketones is 11. The molecule has 4 fully saturated rings. The van der Waals surface area contributed by atoms with Gasteiger partial charge in [0.15, 0.2) is 66.1 Å². The van der Waals surface area contributed by atoms with Crippen molar-refractivity contribution in [3.05, 3.63) is 81.1 Å². The van der Waals surface area contributed by atoms with Crippen LogP contribution in [0.15, 0.2) is 77.8 Å². The van der Waals surface area contributed by atoms with Gasteiger partial charge in [0.1, 0.15) is 41.8 Å². The van der Waals surface area contributed by atoms with Crippen molar-refractivity contribution >= 4 is 163 Å². The molecule has 0 bridgehead atoms. The molecule has 2 aromatic rings.